The summed E-state index contributed by atoms with van der Waals surface area (Å²) in [5, 5.41) is 5.69. The summed E-state index contributed by atoms with van der Waals surface area (Å²) in [6, 6.07) is 8.27. The molecule has 1 heterocycles. The van der Waals surface area contributed by atoms with Gasteiger partial charge < -0.3 is 0 Å². The average Bonchev–Trinajstić information content (AvgIpc) is 2.56. The summed E-state index contributed by atoms with van der Waals surface area (Å²) in [4.78, 5) is 0. The molecule has 0 aliphatic carbocycles. The van der Waals surface area contributed by atoms with Crippen molar-refractivity contribution >= 4 is 23.5 Å². The number of hydrogen-bond donors (Lipinski definition) is 1. The van der Waals surface area contributed by atoms with E-state index in [0.717, 1.165) is 12.2 Å². The molecule has 2 aromatic rings. The van der Waals surface area contributed by atoms with Gasteiger partial charge in [-0.15, -0.1) is 0 Å². The van der Waals surface area contributed by atoms with E-state index in [4.69, 9.17) is 0 Å². The molecule has 0 N–H and O–H groups in total. The summed E-state index contributed by atoms with van der Waals surface area (Å²) in [5.41, 5.74) is 2.27. The Kier molecular flexibility index (Phi) is 2.27. The SMILES string of the molecule is CCn1nc(CS)c2ccccc21. The fourth-order valence-corrected chi connectivity index (χ4v) is 1.79. The number of rotatable bonds is 2. The number of hydrogen-bond acceptors (Lipinski definition) is 2. The molecule has 0 fully saturated rings. The zero-order valence-electron chi connectivity index (χ0n) is 7.57. The Labute approximate surface area is 83.0 Å². The van der Waals surface area contributed by atoms with E-state index in [9.17, 15) is 0 Å². The lowest BCUT2D eigenvalue weighted by atomic mass is 10.2. The minimum Gasteiger partial charge on any atom is -0.265 e. The van der Waals surface area contributed by atoms with Gasteiger partial charge in [-0.3, -0.25) is 4.68 Å². The molecule has 0 amide bonds. The summed E-state index contributed by atoms with van der Waals surface area (Å²) in [5.74, 6) is 0.702. The topological polar surface area (TPSA) is 17.8 Å². The van der Waals surface area contributed by atoms with Gasteiger partial charge in [0, 0.05) is 17.7 Å². The van der Waals surface area contributed by atoms with Gasteiger partial charge in [0.25, 0.3) is 0 Å². The smallest absolute Gasteiger partial charge is 0.0799 e. The number of aromatic nitrogens is 2. The van der Waals surface area contributed by atoms with Crippen molar-refractivity contribution < 1.29 is 0 Å². The quantitative estimate of drug-likeness (QED) is 0.724. The first-order chi connectivity index (χ1) is 6.36. The van der Waals surface area contributed by atoms with Crippen LogP contribution < -0.4 is 0 Å². The molecule has 0 aliphatic rings. The highest BCUT2D eigenvalue weighted by molar-refractivity contribution is 7.79. The molecule has 0 atom stereocenters. The molecule has 2 rings (SSSR count). The molecule has 13 heavy (non-hydrogen) atoms. The second-order valence-electron chi connectivity index (χ2n) is 2.94. The minimum absolute atomic E-state index is 0.702. The lowest BCUT2D eigenvalue weighted by molar-refractivity contribution is 0.675. The van der Waals surface area contributed by atoms with Crippen LogP contribution in [0.1, 0.15) is 12.6 Å². The zero-order valence-corrected chi connectivity index (χ0v) is 8.46. The number of nitrogens with zero attached hydrogens (tertiary/aromatic N) is 2. The van der Waals surface area contributed by atoms with Crippen LogP contribution in [0.25, 0.3) is 10.9 Å². The molecule has 0 aliphatic heterocycles. The third kappa shape index (κ3) is 1.33. The van der Waals surface area contributed by atoms with Crippen LogP contribution in [0.3, 0.4) is 0 Å². The van der Waals surface area contributed by atoms with Crippen LogP contribution >= 0.6 is 12.6 Å². The van der Waals surface area contributed by atoms with Gasteiger partial charge in [-0.1, -0.05) is 18.2 Å². The molecular formula is C10H12N2S. The van der Waals surface area contributed by atoms with Gasteiger partial charge in [0.15, 0.2) is 0 Å². The Balaban J connectivity index is 2.74. The Bertz CT molecular complexity index is 382. The van der Waals surface area contributed by atoms with E-state index in [2.05, 4.69) is 36.8 Å². The van der Waals surface area contributed by atoms with Crippen molar-refractivity contribution in [2.45, 2.75) is 19.2 Å². The molecule has 0 bridgehead atoms. The summed E-state index contributed by atoms with van der Waals surface area (Å²) in [6.45, 7) is 3.01. The van der Waals surface area contributed by atoms with E-state index in [-0.39, 0.29) is 0 Å². The van der Waals surface area contributed by atoms with E-state index < -0.39 is 0 Å². The van der Waals surface area contributed by atoms with Crippen molar-refractivity contribution in [1.29, 1.82) is 0 Å². The van der Waals surface area contributed by atoms with Gasteiger partial charge in [-0.05, 0) is 13.0 Å². The molecule has 0 spiro atoms. The first-order valence-electron chi connectivity index (χ1n) is 4.42. The third-order valence-electron chi connectivity index (χ3n) is 2.18. The summed E-state index contributed by atoms with van der Waals surface area (Å²) in [6.07, 6.45) is 0. The van der Waals surface area contributed by atoms with Gasteiger partial charge in [-0.2, -0.15) is 17.7 Å². The first-order valence-corrected chi connectivity index (χ1v) is 5.05. The molecule has 0 unspecified atom stereocenters. The Hall–Kier alpha value is -0.960. The van der Waals surface area contributed by atoms with E-state index in [1.165, 1.54) is 10.9 Å². The van der Waals surface area contributed by atoms with Gasteiger partial charge in [-0.25, -0.2) is 0 Å². The molecule has 1 aromatic carbocycles. The molecule has 68 valence electrons. The zero-order chi connectivity index (χ0) is 9.26. The maximum Gasteiger partial charge on any atom is 0.0799 e. The second kappa shape index (κ2) is 3.42. The average molecular weight is 192 g/mol. The maximum absolute atomic E-state index is 4.47. The Morgan fingerprint density at radius 3 is 2.85 bits per heavy atom. The van der Waals surface area contributed by atoms with Crippen molar-refractivity contribution in [2.24, 2.45) is 0 Å². The molecular weight excluding hydrogens is 180 g/mol. The first kappa shape index (κ1) is 8.63. The molecule has 2 nitrogen and oxygen atoms in total. The van der Waals surface area contributed by atoms with Crippen molar-refractivity contribution in [2.75, 3.05) is 0 Å². The van der Waals surface area contributed by atoms with Crippen LogP contribution in [0.4, 0.5) is 0 Å². The predicted molar refractivity (Wildman–Crippen MR) is 58.1 cm³/mol. The predicted octanol–water partition coefficient (Wildman–Crippen LogP) is 2.49. The molecule has 0 saturated heterocycles. The highest BCUT2D eigenvalue weighted by Crippen LogP contribution is 2.19. The van der Waals surface area contributed by atoms with E-state index in [1.54, 1.807) is 0 Å². The van der Waals surface area contributed by atoms with Crippen LogP contribution in [0.5, 0.6) is 0 Å². The van der Waals surface area contributed by atoms with Crippen molar-refractivity contribution in [3.63, 3.8) is 0 Å². The Morgan fingerprint density at radius 1 is 1.38 bits per heavy atom. The second-order valence-corrected chi connectivity index (χ2v) is 3.25. The fourth-order valence-electron chi connectivity index (χ4n) is 1.55. The normalized spacial score (nSPS) is 10.9. The van der Waals surface area contributed by atoms with Crippen LogP contribution in [0.2, 0.25) is 0 Å². The van der Waals surface area contributed by atoms with Crippen molar-refractivity contribution in [1.82, 2.24) is 9.78 Å². The highest BCUT2D eigenvalue weighted by atomic mass is 32.1. The van der Waals surface area contributed by atoms with Crippen molar-refractivity contribution in [3.8, 4) is 0 Å². The lowest BCUT2D eigenvalue weighted by Gasteiger charge is -1.95. The standard InChI is InChI=1S/C10H12N2S/c1-2-12-10-6-4-3-5-8(10)9(7-13)11-12/h3-6,13H,2,7H2,1H3. The summed E-state index contributed by atoms with van der Waals surface area (Å²) in [7, 11) is 0. The summed E-state index contributed by atoms with van der Waals surface area (Å²) >= 11 is 4.26. The number of thiol groups is 1. The van der Waals surface area contributed by atoms with Crippen LogP contribution in [0, 0.1) is 0 Å². The van der Waals surface area contributed by atoms with Crippen molar-refractivity contribution in [3.05, 3.63) is 30.0 Å². The van der Waals surface area contributed by atoms with Gasteiger partial charge in [0.2, 0.25) is 0 Å². The molecule has 1 aromatic heterocycles. The van der Waals surface area contributed by atoms with Gasteiger partial charge in [0.1, 0.15) is 0 Å². The van der Waals surface area contributed by atoms with E-state index >= 15 is 0 Å². The lowest BCUT2D eigenvalue weighted by Crippen LogP contribution is -1.95. The number of aryl methyl sites for hydroxylation is 1. The van der Waals surface area contributed by atoms with Gasteiger partial charge >= 0.3 is 0 Å². The summed E-state index contributed by atoms with van der Waals surface area (Å²) < 4.78 is 2.01. The Morgan fingerprint density at radius 2 is 2.15 bits per heavy atom. The highest BCUT2D eigenvalue weighted by Gasteiger charge is 2.06. The van der Waals surface area contributed by atoms with Crippen LogP contribution in [-0.2, 0) is 12.3 Å². The number of para-hydroxylation sites is 1. The monoisotopic (exact) mass is 192 g/mol. The van der Waals surface area contributed by atoms with Gasteiger partial charge in [0.05, 0.1) is 11.2 Å². The third-order valence-corrected chi connectivity index (χ3v) is 2.48. The number of fused-ring (bicyclic) bond motifs is 1. The van der Waals surface area contributed by atoms with E-state index in [1.807, 2.05) is 16.8 Å². The number of benzene rings is 1. The minimum atomic E-state index is 0.702. The maximum atomic E-state index is 4.47. The molecule has 0 saturated carbocycles. The van der Waals surface area contributed by atoms with Crippen LogP contribution in [0.15, 0.2) is 24.3 Å². The van der Waals surface area contributed by atoms with E-state index in [0.29, 0.717) is 5.75 Å². The largest absolute Gasteiger partial charge is 0.265 e. The van der Waals surface area contributed by atoms with Crippen LogP contribution in [-0.4, -0.2) is 9.78 Å². The fraction of sp³-hybridized carbons (Fsp3) is 0.300. The molecule has 0 radical (unpaired) electrons. The molecule has 3 heteroatoms.